The number of aromatic nitrogens is 3. The van der Waals surface area contributed by atoms with Crippen LogP contribution in [0.1, 0.15) is 85.8 Å². The summed E-state index contributed by atoms with van der Waals surface area (Å²) in [5.74, 6) is 3.29. The van der Waals surface area contributed by atoms with Crippen LogP contribution >= 0.6 is 34.9 Å². The van der Waals surface area contributed by atoms with Crippen LogP contribution in [-0.2, 0) is 0 Å². The van der Waals surface area contributed by atoms with E-state index in [0.717, 1.165) is 99.9 Å². The van der Waals surface area contributed by atoms with Crippen molar-refractivity contribution in [2.45, 2.75) is 98.9 Å². The molecule has 0 aliphatic carbocycles. The first-order valence-electron chi connectivity index (χ1n) is 23.7. The van der Waals surface area contributed by atoms with Crippen LogP contribution in [-0.4, -0.2) is 122 Å². The van der Waals surface area contributed by atoms with Gasteiger partial charge in [0.2, 0.25) is 0 Å². The van der Waals surface area contributed by atoms with Crippen LogP contribution in [0.4, 0.5) is 0 Å². The zero-order valence-electron chi connectivity index (χ0n) is 39.3. The van der Waals surface area contributed by atoms with Gasteiger partial charge in [-0.15, -0.1) is 34.9 Å². The first-order chi connectivity index (χ1) is 32.5. The monoisotopic (exact) mass is 965 g/mol. The normalized spacial score (nSPS) is 18.4. The van der Waals surface area contributed by atoms with Gasteiger partial charge < -0.3 is 39.7 Å². The van der Waals surface area contributed by atoms with Crippen LogP contribution in [0.5, 0.6) is 11.5 Å². The van der Waals surface area contributed by atoms with Crippen molar-refractivity contribution >= 4 is 56.7 Å². The maximum atomic E-state index is 13.0. The lowest BCUT2D eigenvalue weighted by Crippen LogP contribution is -2.57. The highest BCUT2D eigenvalue weighted by atomic mass is 32.2. The molecule has 2 fully saturated rings. The van der Waals surface area contributed by atoms with Crippen molar-refractivity contribution in [3.8, 4) is 11.5 Å². The summed E-state index contributed by atoms with van der Waals surface area (Å²) in [7, 11) is 3.28. The fourth-order valence-corrected chi connectivity index (χ4v) is 13.4. The zero-order valence-corrected chi connectivity index (χ0v) is 41.8. The zero-order chi connectivity index (χ0) is 47.0. The van der Waals surface area contributed by atoms with Gasteiger partial charge >= 0.3 is 0 Å². The average molecular weight is 966 g/mol. The van der Waals surface area contributed by atoms with E-state index in [1.165, 1.54) is 4.21 Å². The second kappa shape index (κ2) is 22.7. The molecule has 2 aliphatic rings. The largest absolute Gasteiger partial charge is 0.497 e. The van der Waals surface area contributed by atoms with E-state index < -0.39 is 35.2 Å². The summed E-state index contributed by atoms with van der Waals surface area (Å²) < 4.78 is 12.5. The van der Waals surface area contributed by atoms with E-state index in [4.69, 9.17) is 9.47 Å². The third kappa shape index (κ3) is 11.6. The highest BCUT2D eigenvalue weighted by Gasteiger charge is 2.51. The molecule has 4 aromatic heterocycles. The molecule has 2 aliphatic heterocycles. The highest BCUT2D eigenvalue weighted by Crippen LogP contribution is 2.50. The van der Waals surface area contributed by atoms with Gasteiger partial charge in [-0.3, -0.25) is 9.97 Å². The molecule has 4 atom stereocenters. The summed E-state index contributed by atoms with van der Waals surface area (Å²) in [6, 6.07) is 21.8. The molecule has 8 rings (SSSR count). The minimum atomic E-state index is -1.05. The van der Waals surface area contributed by atoms with E-state index in [1.54, 1.807) is 37.3 Å². The Bertz CT molecular complexity index is 2520. The molecule has 0 bridgehead atoms. The van der Waals surface area contributed by atoms with E-state index in [0.29, 0.717) is 62.9 Å². The van der Waals surface area contributed by atoms with Crippen LogP contribution in [0.2, 0.25) is 0 Å². The van der Waals surface area contributed by atoms with Crippen LogP contribution in [0.15, 0.2) is 99.9 Å². The number of piperidine rings is 2. The molecule has 2 aromatic carbocycles. The second-order valence-corrected chi connectivity index (χ2v) is 22.1. The summed E-state index contributed by atoms with van der Waals surface area (Å²) >= 11 is 5.40. The Hall–Kier alpha value is -3.83. The van der Waals surface area contributed by atoms with Crippen LogP contribution in [0.25, 0.3) is 21.8 Å². The number of thioether (sulfide) groups is 2. The molecule has 0 saturated carbocycles. The molecule has 67 heavy (non-hydrogen) atoms. The quantitative estimate of drug-likeness (QED) is 0.0509. The number of benzene rings is 2. The number of methoxy groups -OCH3 is 2. The highest BCUT2D eigenvalue weighted by molar-refractivity contribution is 8.01. The Labute approximate surface area is 408 Å². The number of aryl methyl sites for hydroxylation is 2. The maximum Gasteiger partial charge on any atom is 0.119 e. The fourth-order valence-electron chi connectivity index (χ4n) is 10.7. The molecule has 2 unspecified atom stereocenters. The van der Waals surface area contributed by atoms with Gasteiger partial charge in [0.25, 0.3) is 0 Å². The molecular weight excluding hydrogens is 899 g/mol. The molecule has 2 saturated heterocycles. The van der Waals surface area contributed by atoms with Crippen LogP contribution in [0.3, 0.4) is 0 Å². The molecule has 14 heteroatoms. The fraction of sp³-hybridized carbons (Fsp3) is 0.491. The molecule has 0 radical (unpaired) electrons. The van der Waals surface area contributed by atoms with Crippen molar-refractivity contribution in [3.63, 3.8) is 0 Å². The number of rotatable bonds is 21. The Morgan fingerprint density at radius 3 is 1.60 bits per heavy atom. The molecule has 0 spiro atoms. The van der Waals surface area contributed by atoms with Crippen molar-refractivity contribution in [3.05, 3.63) is 113 Å². The average Bonchev–Trinajstić information content (AvgIpc) is 3.89. The SMILES string of the molecule is COc1ccc2ncc(C)c([C@@H](O)CCC3(C(O)C(O)C4(CC[C@H](O)c5c(C)cnc6ccc(OC)cc56)CCN(CCSc5cccs5)CC4)CCN(CCSc4ccccn4)CC3)c2c1. The minimum Gasteiger partial charge on any atom is -0.497 e. The van der Waals surface area contributed by atoms with Gasteiger partial charge in [-0.2, -0.15) is 0 Å². The summed E-state index contributed by atoms with van der Waals surface area (Å²) in [6.07, 6.45) is 6.41. The van der Waals surface area contributed by atoms with E-state index in [9.17, 15) is 20.4 Å². The number of hydrogen-bond donors (Lipinski definition) is 4. The Balaban J connectivity index is 1.06. The van der Waals surface area contributed by atoms with Gasteiger partial charge in [0.1, 0.15) is 11.5 Å². The first kappa shape index (κ1) is 49.6. The smallest absolute Gasteiger partial charge is 0.119 e. The van der Waals surface area contributed by atoms with Gasteiger partial charge in [-0.05, 0) is 174 Å². The van der Waals surface area contributed by atoms with Gasteiger partial charge in [0.15, 0.2) is 0 Å². The lowest BCUT2D eigenvalue weighted by atomic mass is 9.61. The van der Waals surface area contributed by atoms with Gasteiger partial charge in [0.05, 0.1) is 58.9 Å². The number of nitrogens with zero attached hydrogens (tertiary/aromatic N) is 5. The van der Waals surface area contributed by atoms with Gasteiger partial charge in [-0.25, -0.2) is 4.98 Å². The third-order valence-electron chi connectivity index (χ3n) is 14.8. The topological polar surface area (TPSA) is 145 Å². The lowest BCUT2D eigenvalue weighted by Gasteiger charge is -2.52. The predicted molar refractivity (Wildman–Crippen MR) is 273 cm³/mol. The number of ether oxygens (including phenoxy) is 2. The standard InChI is InChI=1S/C53H67N5O6S3/c1-36-34-55-42-12-10-38(63-3)32-40(42)48(36)44(59)14-16-52(18-23-57(24-19-52)27-30-65-46-8-5-6-22-54-46)50(61)51(62)53(20-25-58(26-21-53)28-31-67-47-9-7-29-66-47)17-15-45(60)49-37(2)35-56-43-13-11-39(64-4)33-41(43)49/h5-13,22,29,32-35,44-45,50-51,59-62H,14-21,23-28,30-31H2,1-4H3/t44-,45-,50?,51?/m0/s1. The number of aliphatic hydroxyl groups is 4. The molecule has 6 aromatic rings. The minimum absolute atomic E-state index is 0.412. The molecule has 358 valence electrons. The maximum absolute atomic E-state index is 13.0. The van der Waals surface area contributed by atoms with Crippen LogP contribution < -0.4 is 9.47 Å². The molecule has 0 amide bonds. The van der Waals surface area contributed by atoms with Gasteiger partial charge in [-0.1, -0.05) is 12.1 Å². The van der Waals surface area contributed by atoms with E-state index in [2.05, 4.69) is 42.3 Å². The van der Waals surface area contributed by atoms with Crippen molar-refractivity contribution in [2.24, 2.45) is 10.8 Å². The number of aliphatic hydroxyl groups excluding tert-OH is 4. The predicted octanol–water partition coefficient (Wildman–Crippen LogP) is 9.67. The Kier molecular flexibility index (Phi) is 16.8. The summed E-state index contributed by atoms with van der Waals surface area (Å²) in [5, 5.41) is 55.3. The number of pyridine rings is 3. The van der Waals surface area contributed by atoms with E-state index >= 15 is 0 Å². The van der Waals surface area contributed by atoms with Crippen molar-refractivity contribution in [1.29, 1.82) is 0 Å². The first-order valence-corrected chi connectivity index (χ1v) is 26.6. The summed E-state index contributed by atoms with van der Waals surface area (Å²) in [6.45, 7) is 8.94. The molecular formula is C53H67N5O6S3. The Morgan fingerprint density at radius 2 is 1.15 bits per heavy atom. The van der Waals surface area contributed by atoms with Crippen molar-refractivity contribution in [2.75, 3.05) is 65.0 Å². The molecule has 6 heterocycles. The van der Waals surface area contributed by atoms with Gasteiger partial charge in [0, 0.05) is 64.8 Å². The van der Waals surface area contributed by atoms with E-state index in [-0.39, 0.29) is 0 Å². The number of thiophene rings is 1. The molecule has 4 N–H and O–H groups in total. The number of likely N-dealkylation sites (tertiary alicyclic amines) is 2. The summed E-state index contributed by atoms with van der Waals surface area (Å²) in [5.41, 5.74) is 3.72. The Morgan fingerprint density at radius 1 is 0.642 bits per heavy atom. The second-order valence-electron chi connectivity index (χ2n) is 18.7. The lowest BCUT2D eigenvalue weighted by molar-refractivity contribution is -0.155. The van der Waals surface area contributed by atoms with E-state index in [1.807, 2.05) is 98.8 Å². The molecule has 11 nitrogen and oxygen atoms in total. The number of hydrogen-bond acceptors (Lipinski definition) is 14. The summed E-state index contributed by atoms with van der Waals surface area (Å²) in [4.78, 5) is 18.8. The van der Waals surface area contributed by atoms with Crippen molar-refractivity contribution < 1.29 is 29.9 Å². The number of fused-ring (bicyclic) bond motifs is 2. The van der Waals surface area contributed by atoms with Crippen LogP contribution in [0, 0.1) is 24.7 Å². The van der Waals surface area contributed by atoms with Crippen molar-refractivity contribution in [1.82, 2.24) is 24.8 Å². The third-order valence-corrected chi connectivity index (χ3v) is 17.9.